The van der Waals surface area contributed by atoms with Crippen LogP contribution in [-0.2, 0) is 20.7 Å². The number of rotatable bonds is 5. The van der Waals surface area contributed by atoms with Gasteiger partial charge in [-0.2, -0.15) is 0 Å². The topological polar surface area (TPSA) is 74.4 Å². The normalized spacial score (nSPS) is 28.0. The maximum atomic E-state index is 13.5. The summed E-state index contributed by atoms with van der Waals surface area (Å²) in [5.74, 6) is -1.99. The Kier molecular flexibility index (Phi) is 4.23. The Morgan fingerprint density at radius 2 is 2.12 bits per heavy atom. The summed E-state index contributed by atoms with van der Waals surface area (Å²) in [4.78, 5) is 31.5. The summed E-state index contributed by atoms with van der Waals surface area (Å²) in [6.45, 7) is 0.995. The zero-order valence-electron chi connectivity index (χ0n) is 17.3. The lowest BCUT2D eigenvalue weighted by Gasteiger charge is -2.23. The van der Waals surface area contributed by atoms with Crippen LogP contribution in [0.3, 0.4) is 0 Å². The maximum absolute atomic E-state index is 13.5. The first-order chi connectivity index (χ1) is 15.5. The van der Waals surface area contributed by atoms with Crippen LogP contribution in [0.25, 0.3) is 10.9 Å². The van der Waals surface area contributed by atoms with E-state index >= 15 is 0 Å². The highest BCUT2D eigenvalue weighted by Crippen LogP contribution is 2.52. The second-order valence-corrected chi connectivity index (χ2v) is 8.77. The number of nitrogens with one attached hydrogen (secondary N) is 2. The Morgan fingerprint density at radius 1 is 1.25 bits per heavy atom. The van der Waals surface area contributed by atoms with Crippen molar-refractivity contribution in [2.45, 2.75) is 18.1 Å². The SMILES string of the molecule is O=C(Nc1cccc(F)c1)C1[C@H]2C=C[C@@]3(CN(CCc4c[nH]c5ccccc45)C(=O)[C@@H]13)O2. The van der Waals surface area contributed by atoms with Crippen LogP contribution in [-0.4, -0.2) is 46.5 Å². The predicted molar refractivity (Wildman–Crippen MR) is 117 cm³/mol. The predicted octanol–water partition coefficient (Wildman–Crippen LogP) is 3.27. The van der Waals surface area contributed by atoms with E-state index in [4.69, 9.17) is 4.74 Å². The van der Waals surface area contributed by atoms with E-state index in [0.717, 1.165) is 16.5 Å². The number of ether oxygens (including phenoxy) is 1. The Hall–Kier alpha value is -3.45. The zero-order chi connectivity index (χ0) is 21.9. The van der Waals surface area contributed by atoms with Gasteiger partial charge in [-0.3, -0.25) is 9.59 Å². The van der Waals surface area contributed by atoms with Crippen LogP contribution in [0.1, 0.15) is 5.56 Å². The van der Waals surface area contributed by atoms with E-state index in [-0.39, 0.29) is 11.8 Å². The van der Waals surface area contributed by atoms with Gasteiger partial charge in [0.15, 0.2) is 0 Å². The van der Waals surface area contributed by atoms with Crippen LogP contribution in [0.2, 0.25) is 0 Å². The molecule has 6 nitrogen and oxygen atoms in total. The summed E-state index contributed by atoms with van der Waals surface area (Å²) in [7, 11) is 0. The summed E-state index contributed by atoms with van der Waals surface area (Å²) >= 11 is 0. The number of hydrogen-bond donors (Lipinski definition) is 2. The highest BCUT2D eigenvalue weighted by molar-refractivity contribution is 5.99. The van der Waals surface area contributed by atoms with Crippen molar-refractivity contribution in [3.05, 3.63) is 78.3 Å². The number of fused-ring (bicyclic) bond motifs is 2. The number of aromatic amines is 1. The number of carbonyl (C=O) groups excluding carboxylic acids is 2. The highest BCUT2D eigenvalue weighted by Gasteiger charge is 2.66. The largest absolute Gasteiger partial charge is 0.361 e. The number of halogens is 1. The van der Waals surface area contributed by atoms with Gasteiger partial charge in [-0.25, -0.2) is 4.39 Å². The van der Waals surface area contributed by atoms with Gasteiger partial charge in [0.25, 0.3) is 0 Å². The van der Waals surface area contributed by atoms with Crippen LogP contribution in [0.15, 0.2) is 66.9 Å². The average molecular weight is 431 g/mol. The first kappa shape index (κ1) is 19.3. The number of nitrogens with zero attached hydrogens (tertiary/aromatic N) is 1. The van der Waals surface area contributed by atoms with Gasteiger partial charge in [-0.1, -0.05) is 36.4 Å². The van der Waals surface area contributed by atoms with E-state index in [1.165, 1.54) is 18.2 Å². The van der Waals surface area contributed by atoms with Crippen molar-refractivity contribution in [1.82, 2.24) is 9.88 Å². The molecule has 2 saturated heterocycles. The third-order valence-electron chi connectivity index (χ3n) is 6.90. The van der Waals surface area contributed by atoms with Gasteiger partial charge in [0.2, 0.25) is 11.8 Å². The third-order valence-corrected chi connectivity index (χ3v) is 6.90. The molecule has 3 aromatic rings. The van der Waals surface area contributed by atoms with Gasteiger partial charge < -0.3 is 19.9 Å². The lowest BCUT2D eigenvalue weighted by Crippen LogP contribution is -2.41. The molecule has 4 heterocycles. The summed E-state index contributed by atoms with van der Waals surface area (Å²) in [6.07, 6.45) is 6.09. The molecule has 7 heteroatoms. The van der Waals surface area contributed by atoms with E-state index < -0.39 is 29.4 Å². The van der Waals surface area contributed by atoms with E-state index in [2.05, 4.69) is 16.4 Å². The van der Waals surface area contributed by atoms with Crippen LogP contribution >= 0.6 is 0 Å². The third kappa shape index (κ3) is 2.88. The molecular formula is C25H22FN3O3. The summed E-state index contributed by atoms with van der Waals surface area (Å²) in [6, 6.07) is 13.8. The molecule has 4 atom stereocenters. The van der Waals surface area contributed by atoms with Crippen molar-refractivity contribution in [2.24, 2.45) is 11.8 Å². The summed E-state index contributed by atoms with van der Waals surface area (Å²) in [5, 5.41) is 3.92. The number of carbonyl (C=O) groups is 2. The molecule has 162 valence electrons. The molecule has 32 heavy (non-hydrogen) atoms. The second kappa shape index (κ2) is 7.03. The molecule has 3 aliphatic rings. The number of anilines is 1. The molecule has 0 saturated carbocycles. The van der Waals surface area contributed by atoms with Crippen molar-refractivity contribution >= 4 is 28.4 Å². The fraction of sp³-hybridized carbons (Fsp3) is 0.280. The van der Waals surface area contributed by atoms with E-state index in [1.807, 2.05) is 36.5 Å². The number of amides is 2. The van der Waals surface area contributed by atoms with Crippen LogP contribution in [0.5, 0.6) is 0 Å². The molecule has 2 amide bonds. The Labute approximate surface area is 184 Å². The molecule has 0 radical (unpaired) electrons. The average Bonchev–Trinajstić information content (AvgIpc) is 3.52. The number of likely N-dealkylation sites (tertiary alicyclic amines) is 1. The van der Waals surface area contributed by atoms with Gasteiger partial charge in [0.1, 0.15) is 11.4 Å². The van der Waals surface area contributed by atoms with Crippen molar-refractivity contribution in [3.8, 4) is 0 Å². The Morgan fingerprint density at radius 3 is 3.00 bits per heavy atom. The van der Waals surface area contributed by atoms with E-state index in [9.17, 15) is 14.0 Å². The number of para-hydroxylation sites is 1. The monoisotopic (exact) mass is 431 g/mol. The minimum absolute atomic E-state index is 0.0592. The van der Waals surface area contributed by atoms with Crippen LogP contribution in [0, 0.1) is 17.7 Å². The molecule has 2 aromatic carbocycles. The van der Waals surface area contributed by atoms with Gasteiger partial charge in [0.05, 0.1) is 24.5 Å². The van der Waals surface area contributed by atoms with Crippen molar-refractivity contribution < 1.29 is 18.7 Å². The lowest BCUT2D eigenvalue weighted by atomic mass is 9.77. The van der Waals surface area contributed by atoms with Gasteiger partial charge in [-0.05, 0) is 36.2 Å². The van der Waals surface area contributed by atoms with Crippen LogP contribution in [0.4, 0.5) is 10.1 Å². The summed E-state index contributed by atoms with van der Waals surface area (Å²) < 4.78 is 19.7. The number of hydrogen-bond acceptors (Lipinski definition) is 3. The highest BCUT2D eigenvalue weighted by atomic mass is 19.1. The van der Waals surface area contributed by atoms with Gasteiger partial charge in [-0.15, -0.1) is 0 Å². The molecular weight excluding hydrogens is 409 g/mol. The van der Waals surface area contributed by atoms with Gasteiger partial charge >= 0.3 is 0 Å². The molecule has 6 rings (SSSR count). The first-order valence-corrected chi connectivity index (χ1v) is 10.8. The molecule has 1 unspecified atom stereocenters. The van der Waals surface area contributed by atoms with Crippen LogP contribution < -0.4 is 5.32 Å². The van der Waals surface area contributed by atoms with E-state index in [1.54, 1.807) is 11.0 Å². The molecule has 2 bridgehead atoms. The Bertz CT molecular complexity index is 1270. The quantitative estimate of drug-likeness (QED) is 0.609. The molecule has 0 aliphatic carbocycles. The lowest BCUT2D eigenvalue weighted by molar-refractivity contribution is -0.135. The summed E-state index contributed by atoms with van der Waals surface area (Å²) in [5.41, 5.74) is 1.84. The molecule has 2 N–H and O–H groups in total. The number of H-pyrrole nitrogens is 1. The second-order valence-electron chi connectivity index (χ2n) is 8.77. The van der Waals surface area contributed by atoms with Crippen molar-refractivity contribution in [3.63, 3.8) is 0 Å². The number of benzene rings is 2. The first-order valence-electron chi connectivity index (χ1n) is 10.8. The van der Waals surface area contributed by atoms with E-state index in [0.29, 0.717) is 25.2 Å². The molecule has 1 spiro atoms. The van der Waals surface area contributed by atoms with Gasteiger partial charge in [0, 0.05) is 29.3 Å². The fourth-order valence-corrected chi connectivity index (χ4v) is 5.45. The van der Waals surface area contributed by atoms with Crippen molar-refractivity contribution in [2.75, 3.05) is 18.4 Å². The molecule has 1 aromatic heterocycles. The minimum atomic E-state index is -0.758. The standard InChI is InChI=1S/C25H22FN3O3/c26-16-4-3-5-17(12-16)28-23(30)21-20-8-10-25(32-20)14-29(24(31)22(21)25)11-9-15-13-27-19-7-2-1-6-18(15)19/h1-8,10,12-13,20-22,27H,9,11,14H2,(H,28,30)/t20-,21?,22-,25+/m1/s1. The molecule has 3 aliphatic heterocycles. The Balaban J connectivity index is 1.20. The fourth-order valence-electron chi connectivity index (χ4n) is 5.45. The minimum Gasteiger partial charge on any atom is -0.361 e. The zero-order valence-corrected chi connectivity index (χ0v) is 17.3. The smallest absolute Gasteiger partial charge is 0.231 e. The maximum Gasteiger partial charge on any atom is 0.231 e. The molecule has 2 fully saturated rings. The van der Waals surface area contributed by atoms with Crippen molar-refractivity contribution in [1.29, 1.82) is 0 Å². The number of aromatic nitrogens is 1.